The standard InChI is InChI=1S/C11H10NO/c1-13-10-5-2-4-9(8-10)11-6-3-7-12-11/h2-8H,1H3. The van der Waals surface area contributed by atoms with E-state index in [-0.39, 0.29) is 0 Å². The first kappa shape index (κ1) is 7.92. The van der Waals surface area contributed by atoms with Crippen molar-refractivity contribution in [3.05, 3.63) is 48.2 Å². The summed E-state index contributed by atoms with van der Waals surface area (Å²) in [6, 6.07) is 7.88. The minimum Gasteiger partial charge on any atom is -0.497 e. The van der Waals surface area contributed by atoms with E-state index in [9.17, 15) is 0 Å². The molecule has 0 bridgehead atoms. The highest BCUT2D eigenvalue weighted by atomic mass is 16.5. The maximum Gasteiger partial charge on any atom is 0.119 e. The Kier molecular flexibility index (Phi) is 2.04. The van der Waals surface area contributed by atoms with Crippen LogP contribution in [0.2, 0.25) is 0 Å². The van der Waals surface area contributed by atoms with Crippen molar-refractivity contribution in [2.45, 2.75) is 0 Å². The van der Waals surface area contributed by atoms with Gasteiger partial charge in [-0.1, -0.05) is 12.1 Å². The van der Waals surface area contributed by atoms with Crippen LogP contribution in [-0.4, -0.2) is 7.11 Å². The largest absolute Gasteiger partial charge is 0.497 e. The first-order valence-corrected chi connectivity index (χ1v) is 4.12. The van der Waals surface area contributed by atoms with E-state index in [1.807, 2.05) is 36.4 Å². The van der Waals surface area contributed by atoms with Crippen LogP contribution in [0.25, 0.3) is 5.70 Å². The fraction of sp³-hybridized carbons (Fsp3) is 0.0909. The van der Waals surface area contributed by atoms with E-state index in [0.29, 0.717) is 0 Å². The summed E-state index contributed by atoms with van der Waals surface area (Å²) in [6.45, 7) is 0. The average Bonchev–Trinajstić information content (AvgIpc) is 2.71. The normalized spacial score (nSPS) is 13.8. The number of benzene rings is 1. The predicted molar refractivity (Wildman–Crippen MR) is 52.2 cm³/mol. The summed E-state index contributed by atoms with van der Waals surface area (Å²) in [6.07, 6.45) is 5.69. The maximum atomic E-state index is 5.13. The molecule has 0 unspecified atom stereocenters. The first-order chi connectivity index (χ1) is 6.40. The van der Waals surface area contributed by atoms with Gasteiger partial charge < -0.3 is 4.74 Å². The fourth-order valence-electron chi connectivity index (χ4n) is 1.25. The molecule has 0 atom stereocenters. The molecule has 1 aliphatic heterocycles. The van der Waals surface area contributed by atoms with Crippen LogP contribution >= 0.6 is 0 Å². The molecule has 0 spiro atoms. The van der Waals surface area contributed by atoms with Crippen molar-refractivity contribution in [1.29, 1.82) is 0 Å². The van der Waals surface area contributed by atoms with E-state index in [2.05, 4.69) is 5.32 Å². The number of hydrogen-bond acceptors (Lipinski definition) is 1. The third-order valence-corrected chi connectivity index (χ3v) is 1.92. The number of hydrogen-bond donors (Lipinski definition) is 0. The molecule has 2 heteroatoms. The summed E-state index contributed by atoms with van der Waals surface area (Å²) in [5.41, 5.74) is 2.07. The molecule has 1 aliphatic rings. The highest BCUT2D eigenvalue weighted by Crippen LogP contribution is 2.20. The zero-order chi connectivity index (χ0) is 9.10. The lowest BCUT2D eigenvalue weighted by molar-refractivity contribution is 0.414. The van der Waals surface area contributed by atoms with Crippen molar-refractivity contribution in [3.8, 4) is 5.75 Å². The molecule has 0 N–H and O–H groups in total. The van der Waals surface area contributed by atoms with Gasteiger partial charge in [-0.25, -0.2) is 0 Å². The fourth-order valence-corrected chi connectivity index (χ4v) is 1.25. The van der Waals surface area contributed by atoms with Crippen LogP contribution < -0.4 is 10.1 Å². The van der Waals surface area contributed by atoms with Crippen LogP contribution in [0.3, 0.4) is 0 Å². The third kappa shape index (κ3) is 1.56. The summed E-state index contributed by atoms with van der Waals surface area (Å²) in [4.78, 5) is 0. The van der Waals surface area contributed by atoms with Gasteiger partial charge in [0.05, 0.1) is 12.8 Å². The van der Waals surface area contributed by atoms with Gasteiger partial charge in [0.15, 0.2) is 0 Å². The number of allylic oxidation sites excluding steroid dienone is 2. The van der Waals surface area contributed by atoms with E-state index in [4.69, 9.17) is 4.74 Å². The van der Waals surface area contributed by atoms with Gasteiger partial charge in [0.2, 0.25) is 0 Å². The summed E-state index contributed by atoms with van der Waals surface area (Å²) in [5.74, 6) is 0.862. The average molecular weight is 172 g/mol. The molecule has 1 aromatic rings. The van der Waals surface area contributed by atoms with Crippen molar-refractivity contribution in [1.82, 2.24) is 5.32 Å². The molecule has 1 heterocycles. The minimum absolute atomic E-state index is 0.862. The van der Waals surface area contributed by atoms with Gasteiger partial charge in [-0.15, -0.1) is 0 Å². The van der Waals surface area contributed by atoms with Gasteiger partial charge in [-0.3, -0.25) is 5.32 Å². The second-order valence-corrected chi connectivity index (χ2v) is 2.75. The lowest BCUT2D eigenvalue weighted by Crippen LogP contribution is -1.92. The molecule has 0 fully saturated rings. The van der Waals surface area contributed by atoms with Crippen LogP contribution in [0.1, 0.15) is 5.56 Å². The van der Waals surface area contributed by atoms with Crippen molar-refractivity contribution in [3.63, 3.8) is 0 Å². The van der Waals surface area contributed by atoms with Crippen molar-refractivity contribution in [2.24, 2.45) is 0 Å². The van der Waals surface area contributed by atoms with Gasteiger partial charge >= 0.3 is 0 Å². The molecule has 1 radical (unpaired) electrons. The van der Waals surface area contributed by atoms with E-state index < -0.39 is 0 Å². The van der Waals surface area contributed by atoms with Crippen LogP contribution in [0, 0.1) is 0 Å². The van der Waals surface area contributed by atoms with Crippen molar-refractivity contribution >= 4 is 5.70 Å². The summed E-state index contributed by atoms with van der Waals surface area (Å²) >= 11 is 0. The van der Waals surface area contributed by atoms with Crippen molar-refractivity contribution < 1.29 is 4.74 Å². The van der Waals surface area contributed by atoms with Gasteiger partial charge in [0, 0.05) is 11.8 Å². The maximum absolute atomic E-state index is 5.13. The first-order valence-electron chi connectivity index (χ1n) is 4.12. The predicted octanol–water partition coefficient (Wildman–Crippen LogP) is 2.17. The molecular weight excluding hydrogens is 162 g/mol. The van der Waals surface area contributed by atoms with Crippen LogP contribution in [-0.2, 0) is 0 Å². The van der Waals surface area contributed by atoms with E-state index in [1.165, 1.54) is 0 Å². The Morgan fingerprint density at radius 3 is 2.92 bits per heavy atom. The summed E-state index contributed by atoms with van der Waals surface area (Å²) in [7, 11) is 1.66. The Morgan fingerprint density at radius 2 is 2.23 bits per heavy atom. The van der Waals surface area contributed by atoms with Gasteiger partial charge in [0.1, 0.15) is 5.75 Å². The number of rotatable bonds is 2. The molecule has 0 saturated heterocycles. The van der Waals surface area contributed by atoms with Crippen LogP contribution in [0.4, 0.5) is 0 Å². The number of nitrogens with zero attached hydrogens (tertiary/aromatic N) is 1. The molecule has 65 valence electrons. The second kappa shape index (κ2) is 3.35. The molecule has 2 rings (SSSR count). The molecule has 0 amide bonds. The molecule has 2 nitrogen and oxygen atoms in total. The minimum atomic E-state index is 0.862. The topological polar surface area (TPSA) is 23.3 Å². The lowest BCUT2D eigenvalue weighted by atomic mass is 10.1. The zero-order valence-electron chi connectivity index (χ0n) is 7.40. The van der Waals surface area contributed by atoms with Gasteiger partial charge in [-0.05, 0) is 24.3 Å². The van der Waals surface area contributed by atoms with Gasteiger partial charge in [0.25, 0.3) is 0 Å². The highest BCUT2D eigenvalue weighted by molar-refractivity contribution is 5.69. The van der Waals surface area contributed by atoms with E-state index >= 15 is 0 Å². The highest BCUT2D eigenvalue weighted by Gasteiger charge is 2.04. The quantitative estimate of drug-likeness (QED) is 0.670. The van der Waals surface area contributed by atoms with Crippen molar-refractivity contribution in [2.75, 3.05) is 7.11 Å². The Labute approximate surface area is 77.5 Å². The molecule has 1 aromatic carbocycles. The second-order valence-electron chi connectivity index (χ2n) is 2.75. The molecule has 0 aliphatic carbocycles. The SMILES string of the molecule is COc1cccc(C2=CC=C[N]2)c1. The number of ether oxygens (including phenoxy) is 1. The molecular formula is C11H10NO. The monoisotopic (exact) mass is 172 g/mol. The van der Waals surface area contributed by atoms with E-state index in [0.717, 1.165) is 17.0 Å². The van der Waals surface area contributed by atoms with Crippen LogP contribution in [0.15, 0.2) is 42.6 Å². The molecule has 13 heavy (non-hydrogen) atoms. The van der Waals surface area contributed by atoms with Gasteiger partial charge in [-0.2, -0.15) is 0 Å². The summed E-state index contributed by atoms with van der Waals surface area (Å²) < 4.78 is 5.13. The van der Waals surface area contributed by atoms with Crippen LogP contribution in [0.5, 0.6) is 5.75 Å². The Bertz CT molecular complexity index is 366. The summed E-state index contributed by atoms with van der Waals surface area (Å²) in [5, 5.41) is 4.21. The smallest absolute Gasteiger partial charge is 0.119 e. The molecule has 0 saturated carbocycles. The third-order valence-electron chi connectivity index (χ3n) is 1.92. The Hall–Kier alpha value is -1.70. The zero-order valence-corrected chi connectivity index (χ0v) is 7.40. The number of methoxy groups -OCH3 is 1. The Balaban J connectivity index is 2.30. The molecule has 0 aromatic heterocycles. The Morgan fingerprint density at radius 1 is 1.31 bits per heavy atom. The lowest BCUT2D eigenvalue weighted by Gasteiger charge is -2.03. The van der Waals surface area contributed by atoms with E-state index in [1.54, 1.807) is 13.3 Å².